The minimum atomic E-state index is -0.931. The summed E-state index contributed by atoms with van der Waals surface area (Å²) in [6.45, 7) is 3.93. The monoisotopic (exact) mass is 243 g/mol. The molecular formula is C14H13NO3. The van der Waals surface area contributed by atoms with Gasteiger partial charge in [0.2, 0.25) is 0 Å². The van der Waals surface area contributed by atoms with Gasteiger partial charge in [0.15, 0.2) is 5.58 Å². The van der Waals surface area contributed by atoms with Crippen molar-refractivity contribution < 1.29 is 14.3 Å². The molecule has 0 saturated carbocycles. The Kier molecular flexibility index (Phi) is 2.20. The van der Waals surface area contributed by atoms with Crippen molar-refractivity contribution in [2.45, 2.75) is 19.9 Å². The summed E-state index contributed by atoms with van der Waals surface area (Å²) in [4.78, 5) is 11.3. The van der Waals surface area contributed by atoms with Crippen LogP contribution in [0, 0.1) is 0 Å². The van der Waals surface area contributed by atoms with E-state index in [-0.39, 0.29) is 11.7 Å². The molecule has 3 rings (SSSR count). The highest BCUT2D eigenvalue weighted by molar-refractivity contribution is 6.06. The zero-order valence-electron chi connectivity index (χ0n) is 10.2. The average Bonchev–Trinajstić information content (AvgIpc) is 2.83. The number of fused-ring (bicyclic) bond motifs is 3. The van der Waals surface area contributed by atoms with Gasteiger partial charge in [-0.2, -0.15) is 0 Å². The highest BCUT2D eigenvalue weighted by atomic mass is 16.4. The number of nitrogens with zero attached hydrogens (tertiary/aromatic N) is 1. The lowest BCUT2D eigenvalue weighted by atomic mass is 10.2. The van der Waals surface area contributed by atoms with Crippen molar-refractivity contribution in [3.63, 3.8) is 0 Å². The summed E-state index contributed by atoms with van der Waals surface area (Å²) in [7, 11) is 0. The summed E-state index contributed by atoms with van der Waals surface area (Å²) in [6, 6.07) is 9.33. The van der Waals surface area contributed by atoms with Gasteiger partial charge in [0.1, 0.15) is 11.3 Å². The molecule has 92 valence electrons. The van der Waals surface area contributed by atoms with Crippen LogP contribution in [-0.2, 0) is 0 Å². The number of para-hydroxylation sites is 1. The second kappa shape index (κ2) is 3.63. The number of benzene rings is 1. The smallest absolute Gasteiger partial charge is 0.352 e. The molecule has 0 atom stereocenters. The quantitative estimate of drug-likeness (QED) is 0.747. The highest BCUT2D eigenvalue weighted by Crippen LogP contribution is 2.33. The summed E-state index contributed by atoms with van der Waals surface area (Å²) in [5.41, 5.74) is 2.54. The third-order valence-electron chi connectivity index (χ3n) is 3.10. The molecule has 0 radical (unpaired) electrons. The zero-order chi connectivity index (χ0) is 12.9. The van der Waals surface area contributed by atoms with E-state index in [2.05, 4.69) is 0 Å². The van der Waals surface area contributed by atoms with E-state index < -0.39 is 5.97 Å². The largest absolute Gasteiger partial charge is 0.477 e. The molecule has 0 fully saturated rings. The number of aromatic nitrogens is 1. The van der Waals surface area contributed by atoms with E-state index in [0.717, 1.165) is 16.5 Å². The second-order valence-electron chi connectivity index (χ2n) is 4.61. The predicted octanol–water partition coefficient (Wildman–Crippen LogP) is 3.67. The SMILES string of the molecule is CC(C)n1c(C(=O)O)cc2oc3ccccc3c21. The van der Waals surface area contributed by atoms with Crippen LogP contribution in [-0.4, -0.2) is 15.6 Å². The topological polar surface area (TPSA) is 55.4 Å². The predicted molar refractivity (Wildman–Crippen MR) is 69.1 cm³/mol. The summed E-state index contributed by atoms with van der Waals surface area (Å²) >= 11 is 0. The minimum absolute atomic E-state index is 0.0645. The lowest BCUT2D eigenvalue weighted by Gasteiger charge is -2.11. The van der Waals surface area contributed by atoms with Gasteiger partial charge in [0.05, 0.1) is 5.52 Å². The van der Waals surface area contributed by atoms with Gasteiger partial charge < -0.3 is 14.1 Å². The molecule has 0 aliphatic carbocycles. The van der Waals surface area contributed by atoms with Crippen molar-refractivity contribution in [1.29, 1.82) is 0 Å². The van der Waals surface area contributed by atoms with Crippen LogP contribution in [0.2, 0.25) is 0 Å². The fraction of sp³-hybridized carbons (Fsp3) is 0.214. The minimum Gasteiger partial charge on any atom is -0.477 e. The molecule has 0 spiro atoms. The Morgan fingerprint density at radius 3 is 2.67 bits per heavy atom. The number of hydrogen-bond acceptors (Lipinski definition) is 2. The van der Waals surface area contributed by atoms with Crippen molar-refractivity contribution in [2.75, 3.05) is 0 Å². The number of rotatable bonds is 2. The van der Waals surface area contributed by atoms with Crippen LogP contribution in [0.15, 0.2) is 34.7 Å². The summed E-state index contributed by atoms with van der Waals surface area (Å²) in [5.74, 6) is -0.931. The van der Waals surface area contributed by atoms with E-state index >= 15 is 0 Å². The molecule has 18 heavy (non-hydrogen) atoms. The lowest BCUT2D eigenvalue weighted by molar-refractivity contribution is 0.0684. The van der Waals surface area contributed by atoms with Crippen LogP contribution in [0.5, 0.6) is 0 Å². The number of carbonyl (C=O) groups is 1. The molecular weight excluding hydrogens is 230 g/mol. The molecule has 0 unspecified atom stereocenters. The van der Waals surface area contributed by atoms with Crippen molar-refractivity contribution >= 4 is 28.0 Å². The van der Waals surface area contributed by atoms with Crippen LogP contribution in [0.25, 0.3) is 22.1 Å². The van der Waals surface area contributed by atoms with Gasteiger partial charge in [-0.3, -0.25) is 0 Å². The van der Waals surface area contributed by atoms with Crippen LogP contribution in [0.4, 0.5) is 0 Å². The molecule has 4 nitrogen and oxygen atoms in total. The molecule has 3 aromatic rings. The molecule has 0 saturated heterocycles. The van der Waals surface area contributed by atoms with E-state index in [1.165, 1.54) is 0 Å². The normalized spacial score (nSPS) is 11.7. The molecule has 4 heteroatoms. The van der Waals surface area contributed by atoms with Gasteiger partial charge in [-0.1, -0.05) is 12.1 Å². The molecule has 0 amide bonds. The van der Waals surface area contributed by atoms with Crippen molar-refractivity contribution in [3.8, 4) is 0 Å². The molecule has 2 heterocycles. The molecule has 1 aromatic carbocycles. The Labute approximate surface area is 103 Å². The molecule has 0 bridgehead atoms. The lowest BCUT2D eigenvalue weighted by Crippen LogP contribution is -2.10. The zero-order valence-corrected chi connectivity index (χ0v) is 10.2. The van der Waals surface area contributed by atoms with E-state index in [1.807, 2.05) is 42.7 Å². The Morgan fingerprint density at radius 2 is 2.00 bits per heavy atom. The molecule has 2 aromatic heterocycles. The van der Waals surface area contributed by atoms with Gasteiger partial charge in [-0.05, 0) is 26.0 Å². The second-order valence-corrected chi connectivity index (χ2v) is 4.61. The van der Waals surface area contributed by atoms with Crippen LogP contribution in [0.1, 0.15) is 30.4 Å². The standard InChI is InChI=1S/C14H13NO3/c1-8(2)15-10(14(16)17)7-12-13(15)9-5-3-4-6-11(9)18-12/h3-8H,1-2H3,(H,16,17). The van der Waals surface area contributed by atoms with E-state index in [9.17, 15) is 9.90 Å². The maximum Gasteiger partial charge on any atom is 0.352 e. The van der Waals surface area contributed by atoms with Crippen LogP contribution < -0.4 is 0 Å². The van der Waals surface area contributed by atoms with E-state index in [4.69, 9.17) is 4.42 Å². The third kappa shape index (κ3) is 1.35. The first-order chi connectivity index (χ1) is 8.59. The van der Waals surface area contributed by atoms with Gasteiger partial charge in [0.25, 0.3) is 0 Å². The first kappa shape index (κ1) is 10.9. The van der Waals surface area contributed by atoms with Crippen LogP contribution in [0.3, 0.4) is 0 Å². The Hall–Kier alpha value is -2.23. The highest BCUT2D eigenvalue weighted by Gasteiger charge is 2.21. The van der Waals surface area contributed by atoms with Crippen molar-refractivity contribution in [1.82, 2.24) is 4.57 Å². The van der Waals surface area contributed by atoms with Gasteiger partial charge in [-0.15, -0.1) is 0 Å². The number of hydrogen-bond donors (Lipinski definition) is 1. The molecule has 0 aliphatic rings. The molecule has 0 aliphatic heterocycles. The summed E-state index contributed by atoms with van der Waals surface area (Å²) in [5, 5.41) is 10.2. The van der Waals surface area contributed by atoms with Gasteiger partial charge in [-0.25, -0.2) is 4.79 Å². The Balaban J connectivity index is 2.49. The Morgan fingerprint density at radius 1 is 1.28 bits per heavy atom. The first-order valence-electron chi connectivity index (χ1n) is 5.85. The van der Waals surface area contributed by atoms with Gasteiger partial charge in [0, 0.05) is 17.5 Å². The fourth-order valence-corrected chi connectivity index (χ4v) is 2.41. The number of carboxylic acid groups (broad SMARTS) is 1. The number of aromatic carboxylic acids is 1. The van der Waals surface area contributed by atoms with E-state index in [1.54, 1.807) is 6.07 Å². The number of furan rings is 1. The maximum atomic E-state index is 11.3. The number of carboxylic acids is 1. The molecule has 1 N–H and O–H groups in total. The maximum absolute atomic E-state index is 11.3. The average molecular weight is 243 g/mol. The third-order valence-corrected chi connectivity index (χ3v) is 3.10. The summed E-state index contributed by atoms with van der Waals surface area (Å²) < 4.78 is 7.50. The van der Waals surface area contributed by atoms with Crippen LogP contribution >= 0.6 is 0 Å². The van der Waals surface area contributed by atoms with E-state index in [0.29, 0.717) is 5.58 Å². The Bertz CT molecular complexity index is 749. The fourth-order valence-electron chi connectivity index (χ4n) is 2.41. The first-order valence-corrected chi connectivity index (χ1v) is 5.85. The van der Waals surface area contributed by atoms with Crippen molar-refractivity contribution in [3.05, 3.63) is 36.0 Å². The summed E-state index contributed by atoms with van der Waals surface area (Å²) in [6.07, 6.45) is 0. The van der Waals surface area contributed by atoms with Gasteiger partial charge >= 0.3 is 5.97 Å². The van der Waals surface area contributed by atoms with Crippen molar-refractivity contribution in [2.24, 2.45) is 0 Å².